The van der Waals surface area contributed by atoms with Gasteiger partial charge in [0.1, 0.15) is 11.6 Å². The van der Waals surface area contributed by atoms with Crippen LogP contribution in [0.15, 0.2) is 82.6 Å². The average Bonchev–Trinajstić information content (AvgIpc) is 2.79. The maximum Gasteiger partial charge on any atom is 0.261 e. The zero-order chi connectivity index (χ0) is 23.1. The molecule has 1 atom stereocenters. The molecule has 3 aromatic carbocycles. The molecule has 32 heavy (non-hydrogen) atoms. The fourth-order valence-electron chi connectivity index (χ4n) is 2.85. The van der Waals surface area contributed by atoms with Crippen molar-refractivity contribution in [3.8, 4) is 5.75 Å². The number of sulfonamides is 1. The second-order valence-corrected chi connectivity index (χ2v) is 9.50. The van der Waals surface area contributed by atoms with E-state index in [1.807, 2.05) is 37.4 Å². The van der Waals surface area contributed by atoms with Crippen molar-refractivity contribution in [3.05, 3.63) is 84.2 Å². The first kappa shape index (κ1) is 23.6. The molecule has 0 unspecified atom stereocenters. The molecule has 3 aromatic rings. The monoisotopic (exact) mass is 474 g/mol. The van der Waals surface area contributed by atoms with Crippen molar-refractivity contribution in [1.29, 1.82) is 0 Å². The van der Waals surface area contributed by atoms with Crippen molar-refractivity contribution in [2.24, 2.45) is 0 Å². The fraction of sp³-hybridized carbons (Fsp3) is 0.174. The van der Waals surface area contributed by atoms with E-state index in [1.54, 1.807) is 11.8 Å². The number of benzene rings is 3. The Kier molecular flexibility index (Phi) is 7.76. The number of rotatable bonds is 9. The van der Waals surface area contributed by atoms with E-state index >= 15 is 0 Å². The van der Waals surface area contributed by atoms with Gasteiger partial charge in [-0.15, -0.1) is 11.8 Å². The molecular formula is C23H23FN2O4S2. The van der Waals surface area contributed by atoms with Gasteiger partial charge >= 0.3 is 0 Å². The third kappa shape index (κ3) is 6.48. The highest BCUT2D eigenvalue weighted by Gasteiger charge is 2.15. The molecule has 0 aliphatic rings. The van der Waals surface area contributed by atoms with Crippen molar-refractivity contribution < 1.29 is 22.3 Å². The van der Waals surface area contributed by atoms with Crippen molar-refractivity contribution in [1.82, 2.24) is 5.32 Å². The molecule has 0 aromatic heterocycles. The molecule has 0 radical (unpaired) electrons. The lowest BCUT2D eigenvalue weighted by atomic mass is 10.1. The lowest BCUT2D eigenvalue weighted by Crippen LogP contribution is -2.31. The summed E-state index contributed by atoms with van der Waals surface area (Å²) < 4.78 is 45.7. The first-order valence-corrected chi connectivity index (χ1v) is 12.4. The normalized spacial score (nSPS) is 12.1. The molecule has 3 rings (SSSR count). The number of ether oxygens (including phenoxy) is 1. The Hall–Kier alpha value is -3.04. The largest absolute Gasteiger partial charge is 0.484 e. The third-order valence-corrected chi connectivity index (χ3v) is 6.73. The van der Waals surface area contributed by atoms with Gasteiger partial charge in [0.25, 0.3) is 15.9 Å². The van der Waals surface area contributed by atoms with Gasteiger partial charge in [-0.1, -0.05) is 12.1 Å². The number of carbonyl (C=O) groups excluding carboxylic acids is 1. The van der Waals surface area contributed by atoms with Crippen LogP contribution in [0.1, 0.15) is 18.5 Å². The molecule has 0 saturated heterocycles. The Bertz CT molecular complexity index is 1150. The summed E-state index contributed by atoms with van der Waals surface area (Å²) in [5.74, 6) is -0.389. The molecule has 0 heterocycles. The van der Waals surface area contributed by atoms with Crippen LogP contribution in [0.2, 0.25) is 0 Å². The Labute approximate surface area is 191 Å². The summed E-state index contributed by atoms with van der Waals surface area (Å²) in [6.45, 7) is 1.69. The number of carbonyl (C=O) groups is 1. The van der Waals surface area contributed by atoms with Crippen LogP contribution in [0.3, 0.4) is 0 Å². The van der Waals surface area contributed by atoms with Crippen LogP contribution in [0.4, 0.5) is 10.1 Å². The van der Waals surface area contributed by atoms with Crippen LogP contribution in [0, 0.1) is 5.82 Å². The number of hydrogen-bond acceptors (Lipinski definition) is 5. The van der Waals surface area contributed by atoms with Crippen LogP contribution >= 0.6 is 11.8 Å². The van der Waals surface area contributed by atoms with Gasteiger partial charge in [0.15, 0.2) is 6.61 Å². The summed E-state index contributed by atoms with van der Waals surface area (Å²) in [5.41, 5.74) is 1.24. The van der Waals surface area contributed by atoms with Gasteiger partial charge in [0, 0.05) is 10.6 Å². The Balaban J connectivity index is 1.53. The average molecular weight is 475 g/mol. The molecule has 1 amide bonds. The topological polar surface area (TPSA) is 84.5 Å². The first-order valence-electron chi connectivity index (χ1n) is 9.71. The molecule has 2 N–H and O–H groups in total. The van der Waals surface area contributed by atoms with E-state index in [-0.39, 0.29) is 29.1 Å². The second-order valence-electron chi connectivity index (χ2n) is 6.93. The quantitative estimate of drug-likeness (QED) is 0.443. The summed E-state index contributed by atoms with van der Waals surface area (Å²) in [7, 11) is -3.83. The van der Waals surface area contributed by atoms with E-state index in [2.05, 4.69) is 10.0 Å². The predicted molar refractivity (Wildman–Crippen MR) is 124 cm³/mol. The zero-order valence-electron chi connectivity index (χ0n) is 17.5. The number of halogens is 1. The van der Waals surface area contributed by atoms with Crippen LogP contribution in [0.25, 0.3) is 0 Å². The van der Waals surface area contributed by atoms with Gasteiger partial charge < -0.3 is 10.1 Å². The zero-order valence-corrected chi connectivity index (χ0v) is 19.2. The highest BCUT2D eigenvalue weighted by Crippen LogP contribution is 2.21. The molecular weight excluding hydrogens is 451 g/mol. The Morgan fingerprint density at radius 2 is 1.62 bits per heavy atom. The lowest BCUT2D eigenvalue weighted by Gasteiger charge is -2.15. The summed E-state index contributed by atoms with van der Waals surface area (Å²) in [6.07, 6.45) is 2.00. The van der Waals surface area contributed by atoms with E-state index in [1.165, 1.54) is 48.5 Å². The fourth-order valence-corrected chi connectivity index (χ4v) is 4.32. The van der Waals surface area contributed by atoms with Gasteiger partial charge in [-0.2, -0.15) is 0 Å². The molecule has 0 fully saturated rings. The molecule has 0 spiro atoms. The van der Waals surface area contributed by atoms with E-state index in [0.29, 0.717) is 5.75 Å². The smallest absolute Gasteiger partial charge is 0.261 e. The molecule has 0 aliphatic carbocycles. The number of anilines is 1. The Morgan fingerprint density at radius 3 is 2.22 bits per heavy atom. The van der Waals surface area contributed by atoms with Gasteiger partial charge in [-0.3, -0.25) is 9.52 Å². The first-order chi connectivity index (χ1) is 15.3. The molecule has 0 aliphatic heterocycles. The van der Waals surface area contributed by atoms with Crippen LogP contribution in [-0.4, -0.2) is 27.2 Å². The van der Waals surface area contributed by atoms with Crippen molar-refractivity contribution in [2.75, 3.05) is 17.6 Å². The summed E-state index contributed by atoms with van der Waals surface area (Å²) >= 11 is 1.65. The SMILES string of the molecule is CSc1ccc([C@@H](C)NC(=O)COc2ccc(S(=O)(=O)Nc3ccc(F)cc3)cc2)cc1. The molecule has 168 valence electrons. The molecule has 9 heteroatoms. The molecule has 0 bridgehead atoms. The van der Waals surface area contributed by atoms with Crippen LogP contribution in [0.5, 0.6) is 5.75 Å². The van der Waals surface area contributed by atoms with E-state index in [0.717, 1.165) is 10.5 Å². The standard InChI is InChI=1S/C23H23FN2O4S2/c1-16(17-3-11-21(31-2)12-4-17)25-23(27)15-30-20-9-13-22(14-10-20)32(28,29)26-19-7-5-18(24)6-8-19/h3-14,16,26H,15H2,1-2H3,(H,25,27)/t16-/m1/s1. The summed E-state index contributed by atoms with van der Waals surface area (Å²) in [4.78, 5) is 13.4. The van der Waals surface area contributed by atoms with Gasteiger partial charge in [0.2, 0.25) is 0 Å². The highest BCUT2D eigenvalue weighted by molar-refractivity contribution is 7.98. The number of nitrogens with one attached hydrogen (secondary N) is 2. The number of hydrogen-bond donors (Lipinski definition) is 2. The predicted octanol–water partition coefficient (Wildman–Crippen LogP) is 4.60. The van der Waals surface area contributed by atoms with Crippen LogP contribution < -0.4 is 14.8 Å². The van der Waals surface area contributed by atoms with Crippen molar-refractivity contribution >= 4 is 33.4 Å². The van der Waals surface area contributed by atoms with E-state index < -0.39 is 15.8 Å². The maximum atomic E-state index is 13.0. The summed E-state index contributed by atoms with van der Waals surface area (Å²) in [5, 5.41) is 2.87. The minimum absolute atomic E-state index is 0.0148. The molecule has 6 nitrogen and oxygen atoms in total. The second kappa shape index (κ2) is 10.5. The van der Waals surface area contributed by atoms with Crippen molar-refractivity contribution in [2.45, 2.75) is 22.8 Å². The third-order valence-electron chi connectivity index (χ3n) is 4.59. The highest BCUT2D eigenvalue weighted by atomic mass is 32.2. The van der Waals surface area contributed by atoms with E-state index in [9.17, 15) is 17.6 Å². The Morgan fingerprint density at radius 1 is 1.00 bits per heavy atom. The number of thioether (sulfide) groups is 1. The maximum absolute atomic E-state index is 13.0. The minimum Gasteiger partial charge on any atom is -0.484 e. The van der Waals surface area contributed by atoms with Gasteiger partial charge in [-0.25, -0.2) is 12.8 Å². The molecule has 0 saturated carbocycles. The van der Waals surface area contributed by atoms with Crippen LogP contribution in [-0.2, 0) is 14.8 Å². The number of amides is 1. The van der Waals surface area contributed by atoms with Gasteiger partial charge in [0.05, 0.1) is 10.9 Å². The van der Waals surface area contributed by atoms with E-state index in [4.69, 9.17) is 4.74 Å². The minimum atomic E-state index is -3.83. The van der Waals surface area contributed by atoms with Gasteiger partial charge in [-0.05, 0) is 79.4 Å². The summed E-state index contributed by atoms with van der Waals surface area (Å²) in [6, 6.07) is 18.4. The lowest BCUT2D eigenvalue weighted by molar-refractivity contribution is -0.123. The van der Waals surface area contributed by atoms with Crippen molar-refractivity contribution in [3.63, 3.8) is 0 Å².